The van der Waals surface area contributed by atoms with Crippen LogP contribution in [0, 0.1) is 0 Å². The van der Waals surface area contributed by atoms with Crippen molar-refractivity contribution in [3.8, 4) is 0 Å². The molecule has 1 rings (SSSR count). The average molecular weight is 328 g/mol. The normalized spacial score (nSPS) is 11.9. The van der Waals surface area contributed by atoms with Crippen molar-refractivity contribution in [1.82, 2.24) is 9.80 Å². The Morgan fingerprint density at radius 1 is 0.750 bits per heavy atom. The summed E-state index contributed by atoms with van der Waals surface area (Å²) >= 11 is 0. The molecule has 0 aliphatic carbocycles. The topological polar surface area (TPSA) is 40.6 Å². The number of rotatable bonds is 10. The lowest BCUT2D eigenvalue weighted by Crippen LogP contribution is -2.15. The van der Waals surface area contributed by atoms with Crippen molar-refractivity contribution in [3.63, 3.8) is 0 Å². The van der Waals surface area contributed by atoms with E-state index >= 15 is 0 Å². The van der Waals surface area contributed by atoms with E-state index in [9.17, 15) is 9.59 Å². The van der Waals surface area contributed by atoms with Crippen molar-refractivity contribution in [3.05, 3.63) is 47.5 Å². The maximum atomic E-state index is 11.7. The first-order valence-corrected chi connectivity index (χ1v) is 8.18. The Morgan fingerprint density at radius 3 is 1.38 bits per heavy atom. The Labute approximate surface area is 145 Å². The van der Waals surface area contributed by atoms with E-state index in [2.05, 4.69) is 0 Å². The van der Waals surface area contributed by atoms with E-state index in [4.69, 9.17) is 0 Å². The summed E-state index contributed by atoms with van der Waals surface area (Å²) in [6, 6.07) is 7.78. The van der Waals surface area contributed by atoms with E-state index in [1.165, 1.54) is 0 Å². The molecule has 4 heteroatoms. The third-order valence-electron chi connectivity index (χ3n) is 3.47. The van der Waals surface area contributed by atoms with Crippen molar-refractivity contribution < 1.29 is 9.59 Å². The minimum absolute atomic E-state index is 0.124. The molecular weight excluding hydrogens is 300 g/mol. The summed E-state index contributed by atoms with van der Waals surface area (Å²) in [5.41, 5.74) is 1.95. The smallest absolute Gasteiger partial charge is 0.156 e. The Bertz CT molecular complexity index is 531. The number of hydrogen-bond acceptors (Lipinski definition) is 4. The Kier molecular flexibility index (Phi) is 8.90. The lowest BCUT2D eigenvalue weighted by atomic mass is 10.1. The first-order chi connectivity index (χ1) is 11.4. The van der Waals surface area contributed by atoms with Crippen LogP contribution in [0.15, 0.2) is 36.4 Å². The van der Waals surface area contributed by atoms with Crippen LogP contribution >= 0.6 is 0 Å². The molecule has 0 N–H and O–H groups in total. The molecule has 0 spiro atoms. The van der Waals surface area contributed by atoms with Crippen molar-refractivity contribution in [2.24, 2.45) is 0 Å². The molecule has 0 saturated carbocycles. The van der Waals surface area contributed by atoms with Gasteiger partial charge >= 0.3 is 0 Å². The minimum atomic E-state index is 0.124. The van der Waals surface area contributed by atoms with Gasteiger partial charge in [-0.05, 0) is 51.5 Å². The molecule has 0 aliphatic rings. The number of benzene rings is 1. The van der Waals surface area contributed by atoms with Gasteiger partial charge in [0.1, 0.15) is 0 Å². The maximum absolute atomic E-state index is 11.7. The molecule has 1 aromatic rings. The Hall–Kier alpha value is -2.04. The van der Waals surface area contributed by atoms with Gasteiger partial charge < -0.3 is 9.80 Å². The number of hydrogen-bond donors (Lipinski definition) is 0. The highest BCUT2D eigenvalue weighted by atomic mass is 16.1. The van der Waals surface area contributed by atoms with Crippen molar-refractivity contribution >= 4 is 23.7 Å². The van der Waals surface area contributed by atoms with Gasteiger partial charge in [-0.25, -0.2) is 0 Å². The average Bonchev–Trinajstić information content (AvgIpc) is 2.55. The SMILES string of the molecule is CN(C)CCC(=O)/C=C/c1ccc(/C=C/C(=O)CCN(C)C)cc1. The number of carbonyl (C=O) groups is 2. The zero-order chi connectivity index (χ0) is 17.9. The standard InChI is InChI=1S/C20H28N2O2/c1-21(2)15-13-19(23)11-9-17-5-7-18(8-6-17)10-12-20(24)14-16-22(3)4/h5-12H,13-16H2,1-4H3/b11-9+,12-10+. The van der Waals surface area contributed by atoms with Gasteiger partial charge in [-0.3, -0.25) is 9.59 Å². The molecule has 0 atom stereocenters. The second-order valence-electron chi connectivity index (χ2n) is 6.37. The van der Waals surface area contributed by atoms with Crippen LogP contribution in [-0.2, 0) is 9.59 Å². The number of allylic oxidation sites excluding steroid dienone is 2. The van der Waals surface area contributed by atoms with Gasteiger partial charge in [-0.15, -0.1) is 0 Å². The van der Waals surface area contributed by atoms with Gasteiger partial charge in [0.2, 0.25) is 0 Å². The van der Waals surface area contributed by atoms with Crippen LogP contribution in [0.3, 0.4) is 0 Å². The zero-order valence-electron chi connectivity index (χ0n) is 15.2. The quantitative estimate of drug-likeness (QED) is 0.619. The number of nitrogens with zero attached hydrogens (tertiary/aromatic N) is 2. The van der Waals surface area contributed by atoms with Gasteiger partial charge in [-0.1, -0.05) is 36.4 Å². The second kappa shape index (κ2) is 10.7. The molecule has 0 radical (unpaired) electrons. The third-order valence-corrected chi connectivity index (χ3v) is 3.47. The highest BCUT2D eigenvalue weighted by molar-refractivity contribution is 5.94. The van der Waals surface area contributed by atoms with Gasteiger partial charge in [0.25, 0.3) is 0 Å². The van der Waals surface area contributed by atoms with Crippen molar-refractivity contribution in [2.45, 2.75) is 12.8 Å². The van der Waals surface area contributed by atoms with Gasteiger partial charge in [-0.2, -0.15) is 0 Å². The fourth-order valence-electron chi connectivity index (χ4n) is 1.93. The van der Waals surface area contributed by atoms with Crippen molar-refractivity contribution in [2.75, 3.05) is 41.3 Å². The predicted molar refractivity (Wildman–Crippen MR) is 101 cm³/mol. The molecule has 130 valence electrons. The van der Waals surface area contributed by atoms with Crippen LogP contribution in [0.5, 0.6) is 0 Å². The van der Waals surface area contributed by atoms with Gasteiger partial charge in [0.05, 0.1) is 0 Å². The molecule has 4 nitrogen and oxygen atoms in total. The summed E-state index contributed by atoms with van der Waals surface area (Å²) < 4.78 is 0. The summed E-state index contributed by atoms with van der Waals surface area (Å²) in [5, 5.41) is 0. The number of carbonyl (C=O) groups excluding carboxylic acids is 2. The lowest BCUT2D eigenvalue weighted by molar-refractivity contribution is -0.115. The summed E-state index contributed by atoms with van der Waals surface area (Å²) in [6.07, 6.45) is 7.96. The molecule has 0 fully saturated rings. The van der Waals surface area contributed by atoms with Crippen LogP contribution in [0.4, 0.5) is 0 Å². The van der Waals surface area contributed by atoms with E-state index in [0.29, 0.717) is 12.8 Å². The van der Waals surface area contributed by atoms with Crippen LogP contribution in [0.1, 0.15) is 24.0 Å². The zero-order valence-corrected chi connectivity index (χ0v) is 15.2. The molecular formula is C20H28N2O2. The first-order valence-electron chi connectivity index (χ1n) is 8.18. The summed E-state index contributed by atoms with van der Waals surface area (Å²) in [4.78, 5) is 27.4. The molecule has 24 heavy (non-hydrogen) atoms. The number of ketones is 2. The van der Waals surface area contributed by atoms with E-state index in [0.717, 1.165) is 24.2 Å². The van der Waals surface area contributed by atoms with Crippen molar-refractivity contribution in [1.29, 1.82) is 0 Å². The molecule has 0 aromatic heterocycles. The van der Waals surface area contributed by atoms with Crippen LogP contribution < -0.4 is 0 Å². The van der Waals surface area contributed by atoms with E-state index in [1.54, 1.807) is 12.2 Å². The summed E-state index contributed by atoms with van der Waals surface area (Å²) in [7, 11) is 7.81. The fourth-order valence-corrected chi connectivity index (χ4v) is 1.93. The van der Waals surface area contributed by atoms with Gasteiger partial charge in [0.15, 0.2) is 11.6 Å². The minimum Gasteiger partial charge on any atom is -0.309 e. The molecule has 0 unspecified atom stereocenters. The first kappa shape index (κ1) is 20.0. The van der Waals surface area contributed by atoms with E-state index in [1.807, 2.05) is 74.4 Å². The summed E-state index contributed by atoms with van der Waals surface area (Å²) in [5.74, 6) is 0.248. The Morgan fingerprint density at radius 2 is 1.08 bits per heavy atom. The summed E-state index contributed by atoms with van der Waals surface area (Å²) in [6.45, 7) is 1.52. The third kappa shape index (κ3) is 9.18. The molecule has 0 amide bonds. The molecule has 0 bridgehead atoms. The second-order valence-corrected chi connectivity index (χ2v) is 6.37. The molecule has 1 aromatic carbocycles. The molecule has 0 heterocycles. The van der Waals surface area contributed by atoms with Gasteiger partial charge in [0, 0.05) is 25.9 Å². The highest BCUT2D eigenvalue weighted by Crippen LogP contribution is 2.08. The van der Waals surface area contributed by atoms with E-state index in [-0.39, 0.29) is 11.6 Å². The molecule has 0 aliphatic heterocycles. The monoisotopic (exact) mass is 328 g/mol. The largest absolute Gasteiger partial charge is 0.309 e. The fraction of sp³-hybridized carbons (Fsp3) is 0.400. The maximum Gasteiger partial charge on any atom is 0.156 e. The van der Waals surface area contributed by atoms with Crippen LogP contribution in [0.25, 0.3) is 12.2 Å². The highest BCUT2D eigenvalue weighted by Gasteiger charge is 1.99. The molecule has 0 saturated heterocycles. The predicted octanol–water partition coefficient (Wildman–Crippen LogP) is 2.75. The van der Waals surface area contributed by atoms with E-state index < -0.39 is 0 Å². The Balaban J connectivity index is 2.50. The lowest BCUT2D eigenvalue weighted by Gasteiger charge is -2.06. The van der Waals surface area contributed by atoms with Crippen LogP contribution in [-0.4, -0.2) is 62.6 Å². The van der Waals surface area contributed by atoms with Crippen LogP contribution in [0.2, 0.25) is 0 Å².